The first-order chi connectivity index (χ1) is 12.2. The molecule has 140 valence electrons. The van der Waals surface area contributed by atoms with Crippen LogP contribution in [0.5, 0.6) is 0 Å². The maximum absolute atomic E-state index is 12.6. The number of ether oxygens (including phenoxy) is 1. The Morgan fingerprint density at radius 1 is 1.32 bits per heavy atom. The van der Waals surface area contributed by atoms with Gasteiger partial charge in [-0.25, -0.2) is 4.79 Å². The first-order valence-electron chi connectivity index (χ1n) is 9.88. The van der Waals surface area contributed by atoms with Crippen LogP contribution >= 0.6 is 0 Å². The predicted molar refractivity (Wildman–Crippen MR) is 97.3 cm³/mol. The molecule has 0 aromatic carbocycles. The number of aromatic nitrogens is 2. The first-order valence-corrected chi connectivity index (χ1v) is 9.88. The van der Waals surface area contributed by atoms with Crippen LogP contribution in [0.15, 0.2) is 12.4 Å². The van der Waals surface area contributed by atoms with Gasteiger partial charge in [-0.2, -0.15) is 5.10 Å². The minimum absolute atomic E-state index is 0.0502. The highest BCUT2D eigenvalue weighted by Crippen LogP contribution is 2.33. The summed E-state index contributed by atoms with van der Waals surface area (Å²) in [5.41, 5.74) is 1.12. The van der Waals surface area contributed by atoms with Crippen LogP contribution in [0, 0.1) is 11.8 Å². The minimum atomic E-state index is 0.0502. The molecule has 2 aliphatic heterocycles. The van der Waals surface area contributed by atoms with Crippen LogP contribution in [0.2, 0.25) is 0 Å². The van der Waals surface area contributed by atoms with E-state index in [2.05, 4.69) is 30.5 Å². The predicted octanol–water partition coefficient (Wildman–Crippen LogP) is 3.20. The number of urea groups is 1. The molecule has 25 heavy (non-hydrogen) atoms. The fourth-order valence-corrected chi connectivity index (χ4v) is 4.02. The van der Waals surface area contributed by atoms with E-state index in [0.717, 1.165) is 57.0 Å². The summed E-state index contributed by atoms with van der Waals surface area (Å²) in [6.45, 7) is 8.39. The summed E-state index contributed by atoms with van der Waals surface area (Å²) < 4.78 is 7.84. The highest BCUT2D eigenvalue weighted by molar-refractivity contribution is 5.74. The van der Waals surface area contributed by atoms with Gasteiger partial charge < -0.3 is 15.0 Å². The molecule has 1 unspecified atom stereocenters. The molecule has 2 saturated heterocycles. The number of carbonyl (C=O) groups excluding carboxylic acids is 1. The zero-order chi connectivity index (χ0) is 17.6. The molecule has 1 N–H and O–H groups in total. The summed E-state index contributed by atoms with van der Waals surface area (Å²) in [6, 6.07) is 0.0895. The van der Waals surface area contributed by atoms with Crippen molar-refractivity contribution in [1.29, 1.82) is 0 Å². The number of rotatable bonds is 5. The molecule has 3 heterocycles. The smallest absolute Gasteiger partial charge is 0.317 e. The van der Waals surface area contributed by atoms with E-state index in [1.807, 2.05) is 15.8 Å². The number of hydrogen-bond donors (Lipinski definition) is 1. The Hall–Kier alpha value is -1.56. The Labute approximate surface area is 150 Å². The highest BCUT2D eigenvalue weighted by atomic mass is 16.5. The fourth-order valence-electron chi connectivity index (χ4n) is 4.02. The van der Waals surface area contributed by atoms with Crippen molar-refractivity contribution >= 4 is 6.03 Å². The second kappa shape index (κ2) is 8.70. The summed E-state index contributed by atoms with van der Waals surface area (Å²) in [6.07, 6.45) is 9.72. The van der Waals surface area contributed by atoms with Crippen LogP contribution in [0.3, 0.4) is 0 Å². The van der Waals surface area contributed by atoms with E-state index in [9.17, 15) is 4.79 Å². The van der Waals surface area contributed by atoms with Gasteiger partial charge in [0.15, 0.2) is 0 Å². The average Bonchev–Trinajstić information content (AvgIpc) is 3.22. The molecule has 3 atom stereocenters. The second-order valence-electron chi connectivity index (χ2n) is 7.35. The molecule has 3 rings (SSSR count). The fraction of sp³-hybridized carbons (Fsp3) is 0.789. The highest BCUT2D eigenvalue weighted by Gasteiger charge is 2.31. The molecular formula is C19H32N4O2. The molecule has 2 aliphatic rings. The third-order valence-electron chi connectivity index (χ3n) is 5.75. The van der Waals surface area contributed by atoms with E-state index in [1.165, 1.54) is 12.8 Å². The lowest BCUT2D eigenvalue weighted by Crippen LogP contribution is -2.42. The third-order valence-corrected chi connectivity index (χ3v) is 5.75. The Balaban J connectivity index is 1.50. The van der Waals surface area contributed by atoms with Crippen molar-refractivity contribution in [2.24, 2.45) is 11.8 Å². The maximum Gasteiger partial charge on any atom is 0.317 e. The molecule has 6 heteroatoms. The van der Waals surface area contributed by atoms with E-state index in [1.54, 1.807) is 0 Å². The monoisotopic (exact) mass is 348 g/mol. The number of likely N-dealkylation sites (tertiary alicyclic amines) is 1. The molecule has 0 saturated carbocycles. The van der Waals surface area contributed by atoms with E-state index in [-0.39, 0.29) is 12.1 Å². The van der Waals surface area contributed by atoms with Gasteiger partial charge in [0.05, 0.1) is 12.3 Å². The zero-order valence-electron chi connectivity index (χ0n) is 15.6. The van der Waals surface area contributed by atoms with Crippen molar-refractivity contribution in [1.82, 2.24) is 20.0 Å². The number of amides is 2. The van der Waals surface area contributed by atoms with E-state index < -0.39 is 0 Å². The molecule has 0 radical (unpaired) electrons. The second-order valence-corrected chi connectivity index (χ2v) is 7.35. The van der Waals surface area contributed by atoms with Crippen molar-refractivity contribution in [2.75, 3.05) is 26.2 Å². The molecule has 0 aliphatic carbocycles. The standard InChI is InChI=1S/C19H32N4O2/c1-3-15-6-5-9-22(10-7-15)19(24)20-12-16-8-11-25-18(16)17-13-21-23(4-2)14-17/h13-16,18H,3-12H2,1-2H3,(H,20,24)/t15?,16-,18+/m1/s1. The molecule has 1 aromatic heterocycles. The van der Waals surface area contributed by atoms with E-state index >= 15 is 0 Å². The Kier molecular flexibility index (Phi) is 6.34. The Bertz CT molecular complexity index is 559. The lowest BCUT2D eigenvalue weighted by atomic mass is 9.97. The van der Waals surface area contributed by atoms with Gasteiger partial charge in [0.1, 0.15) is 0 Å². The molecule has 6 nitrogen and oxygen atoms in total. The normalized spacial score (nSPS) is 27.3. The van der Waals surface area contributed by atoms with Gasteiger partial charge in [-0.05, 0) is 38.5 Å². The van der Waals surface area contributed by atoms with E-state index in [0.29, 0.717) is 12.5 Å². The summed E-state index contributed by atoms with van der Waals surface area (Å²) in [5, 5.41) is 7.50. The summed E-state index contributed by atoms with van der Waals surface area (Å²) in [5.74, 6) is 1.11. The lowest BCUT2D eigenvalue weighted by Gasteiger charge is -2.23. The quantitative estimate of drug-likeness (QED) is 0.889. The van der Waals surface area contributed by atoms with Crippen LogP contribution in [-0.2, 0) is 11.3 Å². The molecular weight excluding hydrogens is 316 g/mol. The van der Waals surface area contributed by atoms with Crippen LogP contribution in [0.25, 0.3) is 0 Å². The number of aryl methyl sites for hydroxylation is 1. The maximum atomic E-state index is 12.6. The Morgan fingerprint density at radius 3 is 2.96 bits per heavy atom. The van der Waals surface area contributed by atoms with Gasteiger partial charge in [-0.15, -0.1) is 0 Å². The molecule has 2 fully saturated rings. The summed E-state index contributed by atoms with van der Waals surface area (Å²) in [7, 11) is 0. The van der Waals surface area contributed by atoms with Gasteiger partial charge in [-0.3, -0.25) is 4.68 Å². The van der Waals surface area contributed by atoms with Crippen LogP contribution in [-0.4, -0.2) is 47.0 Å². The molecule has 0 spiro atoms. The minimum Gasteiger partial charge on any atom is -0.373 e. The van der Waals surface area contributed by atoms with Crippen LogP contribution < -0.4 is 5.32 Å². The summed E-state index contributed by atoms with van der Waals surface area (Å²) >= 11 is 0. The van der Waals surface area contributed by atoms with Crippen molar-refractivity contribution < 1.29 is 9.53 Å². The van der Waals surface area contributed by atoms with Gasteiger partial charge in [0.2, 0.25) is 0 Å². The number of carbonyl (C=O) groups is 1. The van der Waals surface area contributed by atoms with Gasteiger partial charge in [0, 0.05) is 50.5 Å². The number of nitrogens with zero attached hydrogens (tertiary/aromatic N) is 3. The SMILES string of the molecule is CCC1CCCN(C(=O)NC[C@H]2CCO[C@@H]2c2cnn(CC)c2)CC1. The lowest BCUT2D eigenvalue weighted by molar-refractivity contribution is 0.0904. The van der Waals surface area contributed by atoms with Gasteiger partial charge >= 0.3 is 6.03 Å². The molecule has 1 aromatic rings. The largest absolute Gasteiger partial charge is 0.373 e. The summed E-state index contributed by atoms with van der Waals surface area (Å²) in [4.78, 5) is 14.5. The van der Waals surface area contributed by atoms with Crippen molar-refractivity contribution in [2.45, 2.75) is 58.6 Å². The average molecular weight is 348 g/mol. The van der Waals surface area contributed by atoms with Crippen molar-refractivity contribution in [3.8, 4) is 0 Å². The van der Waals surface area contributed by atoms with Gasteiger partial charge in [0.25, 0.3) is 0 Å². The number of hydrogen-bond acceptors (Lipinski definition) is 3. The zero-order valence-corrected chi connectivity index (χ0v) is 15.6. The third kappa shape index (κ3) is 4.54. The Morgan fingerprint density at radius 2 is 2.20 bits per heavy atom. The van der Waals surface area contributed by atoms with Crippen molar-refractivity contribution in [3.05, 3.63) is 18.0 Å². The van der Waals surface area contributed by atoms with E-state index in [4.69, 9.17) is 4.74 Å². The topological polar surface area (TPSA) is 59.4 Å². The van der Waals surface area contributed by atoms with Crippen LogP contribution in [0.4, 0.5) is 4.79 Å². The number of nitrogens with one attached hydrogen (secondary N) is 1. The molecule has 2 amide bonds. The first kappa shape index (κ1) is 18.2. The van der Waals surface area contributed by atoms with Crippen molar-refractivity contribution in [3.63, 3.8) is 0 Å². The van der Waals surface area contributed by atoms with Gasteiger partial charge in [-0.1, -0.05) is 13.3 Å². The molecule has 0 bridgehead atoms. The van der Waals surface area contributed by atoms with Crippen LogP contribution in [0.1, 0.15) is 57.6 Å².